The first kappa shape index (κ1) is 14.8. The van der Waals surface area contributed by atoms with E-state index < -0.39 is 11.8 Å². The zero-order valence-corrected chi connectivity index (χ0v) is 11.8. The zero-order chi connectivity index (χ0) is 14.4. The van der Waals surface area contributed by atoms with Gasteiger partial charge >= 0.3 is 11.8 Å². The van der Waals surface area contributed by atoms with E-state index in [0.717, 1.165) is 25.0 Å². The summed E-state index contributed by atoms with van der Waals surface area (Å²) in [6.07, 6.45) is 1.94. The first-order valence-electron chi connectivity index (χ1n) is 6.58. The van der Waals surface area contributed by atoms with Crippen LogP contribution in [0.1, 0.15) is 18.4 Å². The molecule has 1 fully saturated rings. The number of halogens is 1. The van der Waals surface area contributed by atoms with Crippen LogP contribution in [0, 0.1) is 0 Å². The smallest absolute Gasteiger partial charge is 0.309 e. The van der Waals surface area contributed by atoms with Crippen molar-refractivity contribution >= 4 is 23.4 Å². The fraction of sp³-hybridized carbons (Fsp3) is 0.429. The summed E-state index contributed by atoms with van der Waals surface area (Å²) in [4.78, 5) is 23.2. The first-order valence-corrected chi connectivity index (χ1v) is 6.95. The number of rotatable bonds is 4. The van der Waals surface area contributed by atoms with Crippen molar-refractivity contribution in [2.75, 3.05) is 13.2 Å². The molecule has 2 N–H and O–H groups in total. The van der Waals surface area contributed by atoms with Gasteiger partial charge in [0.15, 0.2) is 0 Å². The predicted octanol–water partition coefficient (Wildman–Crippen LogP) is 1.25. The Morgan fingerprint density at radius 2 is 2.00 bits per heavy atom. The maximum atomic E-state index is 11.6. The molecule has 0 aliphatic carbocycles. The third kappa shape index (κ3) is 4.21. The average molecular weight is 297 g/mol. The molecule has 1 atom stereocenters. The van der Waals surface area contributed by atoms with Gasteiger partial charge in [-0.15, -0.1) is 0 Å². The van der Waals surface area contributed by atoms with Crippen molar-refractivity contribution in [2.24, 2.45) is 0 Å². The van der Waals surface area contributed by atoms with E-state index in [1.54, 1.807) is 12.1 Å². The van der Waals surface area contributed by atoms with Gasteiger partial charge in [-0.2, -0.15) is 0 Å². The van der Waals surface area contributed by atoms with Gasteiger partial charge in [0.2, 0.25) is 0 Å². The summed E-state index contributed by atoms with van der Waals surface area (Å²) in [6, 6.07) is 7.17. The fourth-order valence-corrected chi connectivity index (χ4v) is 2.19. The lowest BCUT2D eigenvalue weighted by Crippen LogP contribution is -2.42. The van der Waals surface area contributed by atoms with E-state index in [9.17, 15) is 9.59 Å². The molecule has 1 aromatic rings. The second kappa shape index (κ2) is 7.26. The molecule has 2 rings (SSSR count). The van der Waals surface area contributed by atoms with Gasteiger partial charge in [0.1, 0.15) is 0 Å². The molecule has 20 heavy (non-hydrogen) atoms. The molecule has 1 aromatic carbocycles. The van der Waals surface area contributed by atoms with Crippen molar-refractivity contribution in [1.82, 2.24) is 10.6 Å². The van der Waals surface area contributed by atoms with Crippen molar-refractivity contribution in [3.63, 3.8) is 0 Å². The number of hydrogen-bond donors (Lipinski definition) is 2. The second-order valence-corrected chi connectivity index (χ2v) is 5.03. The van der Waals surface area contributed by atoms with Crippen molar-refractivity contribution in [3.05, 3.63) is 34.9 Å². The molecular weight excluding hydrogens is 280 g/mol. The lowest BCUT2D eigenvalue weighted by atomic mass is 10.2. The molecule has 1 saturated heterocycles. The summed E-state index contributed by atoms with van der Waals surface area (Å²) >= 11 is 5.97. The number of carbonyl (C=O) groups is 2. The molecule has 0 unspecified atom stereocenters. The highest BCUT2D eigenvalue weighted by Gasteiger charge is 2.19. The third-order valence-electron chi connectivity index (χ3n) is 3.12. The van der Waals surface area contributed by atoms with Gasteiger partial charge in [0, 0.05) is 24.7 Å². The molecule has 0 bridgehead atoms. The average Bonchev–Trinajstić information content (AvgIpc) is 2.97. The van der Waals surface area contributed by atoms with Gasteiger partial charge in [0.25, 0.3) is 0 Å². The molecule has 0 radical (unpaired) electrons. The Hall–Kier alpha value is -1.59. The Bertz CT molecular complexity index is 487. The molecule has 1 aliphatic heterocycles. The van der Waals surface area contributed by atoms with Crippen LogP contribution in [0.5, 0.6) is 0 Å². The normalized spacial score (nSPS) is 17.8. The number of carbonyl (C=O) groups excluding carboxylic acids is 2. The highest BCUT2D eigenvalue weighted by Crippen LogP contribution is 2.14. The largest absolute Gasteiger partial charge is 0.376 e. The Balaban J connectivity index is 1.73. The number of benzene rings is 1. The molecule has 108 valence electrons. The summed E-state index contributed by atoms with van der Waals surface area (Å²) in [5, 5.41) is 5.67. The monoisotopic (exact) mass is 296 g/mol. The van der Waals surface area contributed by atoms with Crippen LogP contribution in [0.25, 0.3) is 0 Å². The molecule has 1 aliphatic rings. The minimum Gasteiger partial charge on any atom is -0.376 e. The SMILES string of the molecule is O=C(NCc1ccccc1Cl)C(=O)NC[C@H]1CCCO1. The molecule has 5 nitrogen and oxygen atoms in total. The van der Waals surface area contributed by atoms with Gasteiger partial charge in [-0.3, -0.25) is 9.59 Å². The molecule has 6 heteroatoms. The van der Waals surface area contributed by atoms with Crippen LogP contribution >= 0.6 is 11.6 Å². The van der Waals surface area contributed by atoms with Crippen molar-refractivity contribution in [3.8, 4) is 0 Å². The summed E-state index contributed by atoms with van der Waals surface area (Å²) in [7, 11) is 0. The van der Waals surface area contributed by atoms with E-state index >= 15 is 0 Å². The summed E-state index contributed by atoms with van der Waals surface area (Å²) in [6.45, 7) is 1.32. The minimum absolute atomic E-state index is 0.0234. The molecule has 0 aromatic heterocycles. The van der Waals surface area contributed by atoms with Gasteiger partial charge in [-0.05, 0) is 24.5 Å². The lowest BCUT2D eigenvalue weighted by molar-refractivity contribution is -0.139. The maximum absolute atomic E-state index is 11.6. The topological polar surface area (TPSA) is 67.4 Å². The number of ether oxygens (including phenoxy) is 1. The molecular formula is C14H17ClN2O3. The van der Waals surface area contributed by atoms with Crippen LogP contribution < -0.4 is 10.6 Å². The van der Waals surface area contributed by atoms with E-state index in [4.69, 9.17) is 16.3 Å². The van der Waals surface area contributed by atoms with Crippen LogP contribution in [0.4, 0.5) is 0 Å². The van der Waals surface area contributed by atoms with Gasteiger partial charge in [-0.25, -0.2) is 0 Å². The van der Waals surface area contributed by atoms with Gasteiger partial charge < -0.3 is 15.4 Å². The minimum atomic E-state index is -0.664. The number of amides is 2. The third-order valence-corrected chi connectivity index (χ3v) is 3.49. The van der Waals surface area contributed by atoms with Crippen LogP contribution in [-0.4, -0.2) is 31.1 Å². The molecule has 2 amide bonds. The van der Waals surface area contributed by atoms with Crippen LogP contribution in [-0.2, 0) is 20.9 Å². The zero-order valence-electron chi connectivity index (χ0n) is 11.0. The fourth-order valence-electron chi connectivity index (χ4n) is 1.99. The molecule has 1 heterocycles. The van der Waals surface area contributed by atoms with Crippen molar-refractivity contribution < 1.29 is 14.3 Å². The number of hydrogen-bond acceptors (Lipinski definition) is 3. The van der Waals surface area contributed by atoms with Gasteiger partial charge in [-0.1, -0.05) is 29.8 Å². The standard InChI is InChI=1S/C14H17ClN2O3/c15-12-6-2-1-4-10(12)8-16-13(18)14(19)17-9-11-5-3-7-20-11/h1-2,4,6,11H,3,5,7-9H2,(H,16,18)(H,17,19)/t11-/m1/s1. The second-order valence-electron chi connectivity index (χ2n) is 4.62. The van der Waals surface area contributed by atoms with Gasteiger partial charge in [0.05, 0.1) is 6.10 Å². The van der Waals surface area contributed by atoms with Crippen LogP contribution in [0.15, 0.2) is 24.3 Å². The van der Waals surface area contributed by atoms with Crippen molar-refractivity contribution in [2.45, 2.75) is 25.5 Å². The Labute approximate surface area is 122 Å². The van der Waals surface area contributed by atoms with E-state index in [2.05, 4.69) is 10.6 Å². The van der Waals surface area contributed by atoms with E-state index in [0.29, 0.717) is 11.6 Å². The van der Waals surface area contributed by atoms with E-state index in [1.807, 2.05) is 12.1 Å². The van der Waals surface area contributed by atoms with Crippen LogP contribution in [0.3, 0.4) is 0 Å². The Morgan fingerprint density at radius 1 is 1.25 bits per heavy atom. The van der Waals surface area contributed by atoms with Crippen LogP contribution in [0.2, 0.25) is 5.02 Å². The Kier molecular flexibility index (Phi) is 5.38. The predicted molar refractivity (Wildman–Crippen MR) is 75.3 cm³/mol. The highest BCUT2D eigenvalue weighted by molar-refractivity contribution is 6.35. The number of nitrogens with one attached hydrogen (secondary N) is 2. The highest BCUT2D eigenvalue weighted by atomic mass is 35.5. The quantitative estimate of drug-likeness (QED) is 0.822. The van der Waals surface area contributed by atoms with Crippen molar-refractivity contribution in [1.29, 1.82) is 0 Å². The summed E-state index contributed by atoms with van der Waals surface area (Å²) < 4.78 is 5.36. The Morgan fingerprint density at radius 3 is 2.70 bits per heavy atom. The summed E-state index contributed by atoms with van der Waals surface area (Å²) in [5.74, 6) is -1.31. The van der Waals surface area contributed by atoms with E-state index in [-0.39, 0.29) is 12.6 Å². The first-order chi connectivity index (χ1) is 9.66. The summed E-state index contributed by atoms with van der Waals surface area (Å²) in [5.41, 5.74) is 0.773. The molecule has 0 saturated carbocycles. The van der Waals surface area contributed by atoms with E-state index in [1.165, 1.54) is 0 Å². The maximum Gasteiger partial charge on any atom is 0.309 e. The molecule has 0 spiro atoms. The lowest BCUT2D eigenvalue weighted by Gasteiger charge is -2.11.